The summed E-state index contributed by atoms with van der Waals surface area (Å²) in [5.41, 5.74) is 2.07. The summed E-state index contributed by atoms with van der Waals surface area (Å²) < 4.78 is 5.48. The van der Waals surface area contributed by atoms with Crippen LogP contribution in [-0.4, -0.2) is 17.8 Å². The molecule has 2 aromatic rings. The number of amides is 2. The number of ether oxygens (including phenoxy) is 1. The lowest BCUT2D eigenvalue weighted by Gasteiger charge is -2.25. The largest absolute Gasteiger partial charge is 0.423 e. The van der Waals surface area contributed by atoms with Crippen molar-refractivity contribution >= 4 is 23.5 Å². The zero-order valence-electron chi connectivity index (χ0n) is 18.6. The Bertz CT molecular complexity index is 1000. The van der Waals surface area contributed by atoms with Gasteiger partial charge in [0.05, 0.1) is 23.1 Å². The van der Waals surface area contributed by atoms with Gasteiger partial charge in [0, 0.05) is 0 Å². The van der Waals surface area contributed by atoms with Crippen LogP contribution in [0.15, 0.2) is 48.5 Å². The van der Waals surface area contributed by atoms with Gasteiger partial charge in [-0.05, 0) is 72.6 Å². The Hall–Kier alpha value is -2.95. The number of fused-ring (bicyclic) bond motifs is 1. The molecular weight excluding hydrogens is 390 g/mol. The minimum absolute atomic E-state index is 0.0261. The zero-order valence-corrected chi connectivity index (χ0v) is 18.6. The molecule has 0 N–H and O–H groups in total. The molecule has 0 aromatic heterocycles. The summed E-state index contributed by atoms with van der Waals surface area (Å²) in [5.74, 6) is -0.178. The summed E-state index contributed by atoms with van der Waals surface area (Å²) in [5, 5.41) is 0. The predicted molar refractivity (Wildman–Crippen MR) is 119 cm³/mol. The molecule has 1 aliphatic carbocycles. The summed E-state index contributed by atoms with van der Waals surface area (Å²) in [7, 11) is 0. The van der Waals surface area contributed by atoms with E-state index in [0.29, 0.717) is 22.9 Å². The van der Waals surface area contributed by atoms with Gasteiger partial charge in [0.1, 0.15) is 5.75 Å². The SMILES string of the molecule is C[C@H]1CC[C@@H]2C(=O)N(c3ccc(C(=O)Oc4ccc(C(C)(C)C)cc4)cc3)C(=O)[C@@H]2C1. The molecule has 162 valence electrons. The minimum Gasteiger partial charge on any atom is -0.423 e. The molecule has 1 saturated heterocycles. The van der Waals surface area contributed by atoms with Crippen LogP contribution in [0.5, 0.6) is 5.75 Å². The van der Waals surface area contributed by atoms with Crippen LogP contribution in [0, 0.1) is 17.8 Å². The van der Waals surface area contributed by atoms with Gasteiger partial charge in [-0.25, -0.2) is 4.79 Å². The first-order chi connectivity index (χ1) is 14.6. The topological polar surface area (TPSA) is 63.7 Å². The van der Waals surface area contributed by atoms with Gasteiger partial charge in [-0.15, -0.1) is 0 Å². The molecule has 0 radical (unpaired) electrons. The highest BCUT2D eigenvalue weighted by atomic mass is 16.5. The second-order valence-electron chi connectivity index (χ2n) is 9.85. The van der Waals surface area contributed by atoms with Crippen molar-refractivity contribution in [3.8, 4) is 5.75 Å². The third-order valence-corrected chi connectivity index (χ3v) is 6.48. The smallest absolute Gasteiger partial charge is 0.343 e. The summed E-state index contributed by atoms with van der Waals surface area (Å²) in [6, 6.07) is 14.0. The Balaban J connectivity index is 1.46. The highest BCUT2D eigenvalue weighted by Crippen LogP contribution is 2.42. The number of carbonyl (C=O) groups excluding carboxylic acids is 3. The van der Waals surface area contributed by atoms with Gasteiger partial charge < -0.3 is 4.74 Å². The lowest BCUT2D eigenvalue weighted by atomic mass is 9.76. The Labute approximate surface area is 183 Å². The third kappa shape index (κ3) is 4.14. The number of anilines is 1. The van der Waals surface area contributed by atoms with E-state index < -0.39 is 5.97 Å². The van der Waals surface area contributed by atoms with E-state index in [-0.39, 0.29) is 29.1 Å². The fourth-order valence-corrected chi connectivity index (χ4v) is 4.58. The average Bonchev–Trinajstić information content (AvgIpc) is 2.97. The van der Waals surface area contributed by atoms with Crippen molar-refractivity contribution in [1.29, 1.82) is 0 Å². The number of esters is 1. The normalized spacial score (nSPS) is 23.6. The van der Waals surface area contributed by atoms with Crippen molar-refractivity contribution < 1.29 is 19.1 Å². The van der Waals surface area contributed by atoms with E-state index in [1.54, 1.807) is 36.4 Å². The molecule has 2 aromatic carbocycles. The van der Waals surface area contributed by atoms with Crippen LogP contribution < -0.4 is 9.64 Å². The number of nitrogens with zero attached hydrogens (tertiary/aromatic N) is 1. The summed E-state index contributed by atoms with van der Waals surface area (Å²) in [4.78, 5) is 39.5. The molecule has 2 aliphatic rings. The van der Waals surface area contributed by atoms with Gasteiger partial charge in [-0.1, -0.05) is 39.8 Å². The van der Waals surface area contributed by atoms with Crippen molar-refractivity contribution in [1.82, 2.24) is 0 Å². The molecule has 1 heterocycles. The first-order valence-corrected chi connectivity index (χ1v) is 11.0. The van der Waals surface area contributed by atoms with Gasteiger partial charge in [0.15, 0.2) is 0 Å². The van der Waals surface area contributed by atoms with Crippen LogP contribution in [0.4, 0.5) is 5.69 Å². The van der Waals surface area contributed by atoms with Crippen molar-refractivity contribution in [2.75, 3.05) is 4.90 Å². The summed E-state index contributed by atoms with van der Waals surface area (Å²) in [6.07, 6.45) is 2.52. The fourth-order valence-electron chi connectivity index (χ4n) is 4.58. The van der Waals surface area contributed by atoms with Crippen LogP contribution in [0.25, 0.3) is 0 Å². The molecule has 5 heteroatoms. The number of imide groups is 1. The van der Waals surface area contributed by atoms with Crippen LogP contribution in [0.2, 0.25) is 0 Å². The number of hydrogen-bond acceptors (Lipinski definition) is 4. The van der Waals surface area contributed by atoms with Gasteiger partial charge >= 0.3 is 5.97 Å². The van der Waals surface area contributed by atoms with Crippen LogP contribution >= 0.6 is 0 Å². The molecule has 1 saturated carbocycles. The molecular formula is C26H29NO4. The first-order valence-electron chi connectivity index (χ1n) is 11.0. The molecule has 0 bridgehead atoms. The van der Waals surface area contributed by atoms with E-state index in [2.05, 4.69) is 27.7 Å². The van der Waals surface area contributed by atoms with Gasteiger partial charge in [-0.2, -0.15) is 0 Å². The third-order valence-electron chi connectivity index (χ3n) is 6.48. The van der Waals surface area contributed by atoms with Gasteiger partial charge in [0.2, 0.25) is 11.8 Å². The van der Waals surface area contributed by atoms with E-state index >= 15 is 0 Å². The van der Waals surface area contributed by atoms with Gasteiger partial charge in [-0.3, -0.25) is 14.5 Å². The van der Waals surface area contributed by atoms with E-state index in [9.17, 15) is 14.4 Å². The van der Waals surface area contributed by atoms with Crippen molar-refractivity contribution in [2.45, 2.75) is 52.4 Å². The second-order valence-corrected chi connectivity index (χ2v) is 9.85. The Morgan fingerprint density at radius 3 is 2.13 bits per heavy atom. The Morgan fingerprint density at radius 1 is 0.903 bits per heavy atom. The molecule has 5 nitrogen and oxygen atoms in total. The monoisotopic (exact) mass is 419 g/mol. The van der Waals surface area contributed by atoms with E-state index in [0.717, 1.165) is 24.8 Å². The van der Waals surface area contributed by atoms with E-state index in [4.69, 9.17) is 4.74 Å². The second kappa shape index (κ2) is 7.95. The van der Waals surface area contributed by atoms with Crippen LogP contribution in [0.1, 0.15) is 62.9 Å². The first kappa shape index (κ1) is 21.3. The molecule has 31 heavy (non-hydrogen) atoms. The predicted octanol–water partition coefficient (Wildman–Crippen LogP) is 5.13. The highest BCUT2D eigenvalue weighted by Gasteiger charge is 2.49. The van der Waals surface area contributed by atoms with Crippen LogP contribution in [-0.2, 0) is 15.0 Å². The Kier molecular flexibility index (Phi) is 5.46. The maximum atomic E-state index is 12.9. The number of hydrogen-bond donors (Lipinski definition) is 0. The number of carbonyl (C=O) groups is 3. The van der Waals surface area contributed by atoms with E-state index in [1.807, 2.05) is 12.1 Å². The van der Waals surface area contributed by atoms with Gasteiger partial charge in [0.25, 0.3) is 0 Å². The van der Waals surface area contributed by atoms with E-state index in [1.165, 1.54) is 4.90 Å². The fraction of sp³-hybridized carbons (Fsp3) is 0.423. The summed E-state index contributed by atoms with van der Waals surface area (Å²) >= 11 is 0. The van der Waals surface area contributed by atoms with Crippen LogP contribution in [0.3, 0.4) is 0 Å². The van der Waals surface area contributed by atoms with Crippen molar-refractivity contribution in [3.63, 3.8) is 0 Å². The molecule has 0 spiro atoms. The Morgan fingerprint density at radius 2 is 1.52 bits per heavy atom. The molecule has 1 aliphatic heterocycles. The molecule has 2 amide bonds. The van der Waals surface area contributed by atoms with Crippen molar-refractivity contribution in [2.24, 2.45) is 17.8 Å². The maximum absolute atomic E-state index is 12.9. The molecule has 3 atom stereocenters. The average molecular weight is 420 g/mol. The highest BCUT2D eigenvalue weighted by molar-refractivity contribution is 6.22. The number of rotatable bonds is 3. The lowest BCUT2D eigenvalue weighted by Crippen LogP contribution is -2.30. The minimum atomic E-state index is -0.475. The quantitative estimate of drug-likeness (QED) is 0.393. The lowest BCUT2D eigenvalue weighted by molar-refractivity contribution is -0.122. The van der Waals surface area contributed by atoms with Crippen molar-refractivity contribution in [3.05, 3.63) is 59.7 Å². The maximum Gasteiger partial charge on any atom is 0.343 e. The zero-order chi connectivity index (χ0) is 22.3. The standard InChI is InChI=1S/C26H29NO4/c1-16-5-14-21-22(15-16)24(29)27(23(21)28)19-10-6-17(7-11-19)25(30)31-20-12-8-18(9-13-20)26(2,3)4/h6-13,16,21-22H,5,14-15H2,1-4H3/t16-,21-,22+/m0/s1. The summed E-state index contributed by atoms with van der Waals surface area (Å²) in [6.45, 7) is 8.51. The number of benzene rings is 2. The molecule has 4 rings (SSSR count). The molecule has 2 fully saturated rings. The molecule has 0 unspecified atom stereocenters.